The van der Waals surface area contributed by atoms with Crippen molar-refractivity contribution in [3.05, 3.63) is 0 Å². The zero-order valence-electron chi connectivity index (χ0n) is 7.93. The monoisotopic (exact) mass is 213 g/mol. The topological polar surface area (TPSA) is 30.5 Å². The van der Waals surface area contributed by atoms with Crippen molar-refractivity contribution in [3.63, 3.8) is 0 Å². The highest BCUT2D eigenvalue weighted by atomic mass is 19.4. The molecule has 0 amide bonds. The highest BCUT2D eigenvalue weighted by Crippen LogP contribution is 2.25. The highest BCUT2D eigenvalue weighted by molar-refractivity contribution is 4.89. The molecule has 6 heteroatoms. The third-order valence-electron chi connectivity index (χ3n) is 2.17. The van der Waals surface area contributed by atoms with Crippen molar-refractivity contribution in [1.29, 1.82) is 0 Å². The average Bonchev–Trinajstić information content (AvgIpc) is 2.01. The fourth-order valence-corrected chi connectivity index (χ4v) is 1.32. The molecule has 1 N–H and O–H groups in total. The molecule has 0 radical (unpaired) electrons. The van der Waals surface area contributed by atoms with E-state index in [-0.39, 0.29) is 25.4 Å². The Balaban J connectivity index is 2.13. The fourth-order valence-electron chi connectivity index (χ4n) is 1.32. The van der Waals surface area contributed by atoms with Crippen molar-refractivity contribution in [2.24, 2.45) is 0 Å². The van der Waals surface area contributed by atoms with E-state index < -0.39 is 12.6 Å². The Morgan fingerprint density at radius 1 is 1.43 bits per heavy atom. The van der Waals surface area contributed by atoms with Gasteiger partial charge in [-0.05, 0) is 6.42 Å². The number of alkyl halides is 3. The number of rotatable bonds is 5. The van der Waals surface area contributed by atoms with Gasteiger partial charge in [0.2, 0.25) is 0 Å². The Bertz CT molecular complexity index is 174. The van der Waals surface area contributed by atoms with Gasteiger partial charge in [-0.15, -0.1) is 0 Å². The van der Waals surface area contributed by atoms with E-state index in [9.17, 15) is 13.2 Å². The molecule has 0 aromatic heterocycles. The second-order valence-electron chi connectivity index (χ2n) is 3.28. The lowest BCUT2D eigenvalue weighted by Gasteiger charge is -2.37. The highest BCUT2D eigenvalue weighted by Gasteiger charge is 2.35. The molecule has 1 saturated heterocycles. The number of hydrogen-bond acceptors (Lipinski definition) is 3. The van der Waals surface area contributed by atoms with Crippen molar-refractivity contribution in [1.82, 2.24) is 5.32 Å². The van der Waals surface area contributed by atoms with Crippen LogP contribution in [0.25, 0.3) is 0 Å². The first kappa shape index (κ1) is 11.7. The van der Waals surface area contributed by atoms with Gasteiger partial charge < -0.3 is 14.8 Å². The van der Waals surface area contributed by atoms with Crippen LogP contribution in [0.2, 0.25) is 0 Å². The minimum absolute atomic E-state index is 0.0673. The standard InChI is InChI=1S/C8H14F3NO2/c1-13-5-14-7-4-12-6(7)2-3-8(9,10)11/h6-7,12H,2-5H2,1H3/t6-,7+/m0/s1. The zero-order valence-corrected chi connectivity index (χ0v) is 7.93. The van der Waals surface area contributed by atoms with Crippen LogP contribution in [0, 0.1) is 0 Å². The number of hydrogen-bond donors (Lipinski definition) is 1. The molecule has 0 saturated carbocycles. The van der Waals surface area contributed by atoms with Crippen LogP contribution >= 0.6 is 0 Å². The third-order valence-corrected chi connectivity index (χ3v) is 2.17. The fraction of sp³-hybridized carbons (Fsp3) is 1.00. The van der Waals surface area contributed by atoms with Crippen LogP contribution < -0.4 is 5.32 Å². The molecule has 1 heterocycles. The molecule has 0 spiro atoms. The van der Waals surface area contributed by atoms with E-state index >= 15 is 0 Å². The van der Waals surface area contributed by atoms with E-state index in [0.717, 1.165) is 0 Å². The summed E-state index contributed by atoms with van der Waals surface area (Å²) in [6, 6.07) is -0.188. The second-order valence-corrected chi connectivity index (χ2v) is 3.28. The molecule has 0 aliphatic carbocycles. The van der Waals surface area contributed by atoms with Crippen molar-refractivity contribution >= 4 is 0 Å². The molecule has 1 aliphatic heterocycles. The summed E-state index contributed by atoms with van der Waals surface area (Å²) in [4.78, 5) is 0. The molecule has 0 aromatic rings. The first-order chi connectivity index (χ1) is 6.53. The van der Waals surface area contributed by atoms with Crippen LogP contribution in [0.1, 0.15) is 12.8 Å². The molecule has 84 valence electrons. The van der Waals surface area contributed by atoms with Crippen molar-refractivity contribution in [2.45, 2.75) is 31.2 Å². The molecule has 1 rings (SSSR count). The van der Waals surface area contributed by atoms with Gasteiger partial charge in [0.15, 0.2) is 0 Å². The van der Waals surface area contributed by atoms with E-state index in [1.165, 1.54) is 7.11 Å². The van der Waals surface area contributed by atoms with Gasteiger partial charge in [-0.25, -0.2) is 0 Å². The number of methoxy groups -OCH3 is 1. The molecular formula is C8H14F3NO2. The predicted octanol–water partition coefficient (Wildman–Crippen LogP) is 1.29. The van der Waals surface area contributed by atoms with Crippen LogP contribution in [0.15, 0.2) is 0 Å². The van der Waals surface area contributed by atoms with E-state index in [1.807, 2.05) is 0 Å². The summed E-state index contributed by atoms with van der Waals surface area (Å²) in [6.45, 7) is 0.737. The maximum Gasteiger partial charge on any atom is 0.389 e. The average molecular weight is 213 g/mol. The van der Waals surface area contributed by atoms with Crippen LogP contribution in [0.5, 0.6) is 0 Å². The quantitative estimate of drug-likeness (QED) is 0.698. The normalized spacial score (nSPS) is 27.4. The predicted molar refractivity (Wildman–Crippen MR) is 43.8 cm³/mol. The number of nitrogens with one attached hydrogen (secondary N) is 1. The molecule has 1 aliphatic rings. The lowest BCUT2D eigenvalue weighted by molar-refractivity contribution is -0.146. The van der Waals surface area contributed by atoms with Crippen LogP contribution in [-0.2, 0) is 9.47 Å². The Kier molecular flexibility index (Phi) is 4.15. The molecule has 3 nitrogen and oxygen atoms in total. The largest absolute Gasteiger partial charge is 0.389 e. The van der Waals surface area contributed by atoms with Gasteiger partial charge in [0, 0.05) is 26.1 Å². The van der Waals surface area contributed by atoms with E-state index in [2.05, 4.69) is 10.1 Å². The van der Waals surface area contributed by atoms with Gasteiger partial charge >= 0.3 is 6.18 Å². The van der Waals surface area contributed by atoms with Crippen molar-refractivity contribution in [3.8, 4) is 0 Å². The van der Waals surface area contributed by atoms with Crippen LogP contribution in [0.4, 0.5) is 13.2 Å². The first-order valence-electron chi connectivity index (χ1n) is 4.43. The van der Waals surface area contributed by atoms with Crippen LogP contribution in [0.3, 0.4) is 0 Å². The van der Waals surface area contributed by atoms with Gasteiger partial charge in [-0.1, -0.05) is 0 Å². The smallest absolute Gasteiger partial charge is 0.359 e. The lowest BCUT2D eigenvalue weighted by Crippen LogP contribution is -2.58. The maximum atomic E-state index is 11.9. The van der Waals surface area contributed by atoms with Crippen LogP contribution in [-0.4, -0.2) is 38.8 Å². The van der Waals surface area contributed by atoms with Gasteiger partial charge in [0.05, 0.1) is 6.10 Å². The van der Waals surface area contributed by atoms with Gasteiger partial charge in [-0.3, -0.25) is 0 Å². The Morgan fingerprint density at radius 2 is 2.14 bits per heavy atom. The second kappa shape index (κ2) is 4.95. The van der Waals surface area contributed by atoms with Gasteiger partial charge in [0.25, 0.3) is 0 Å². The maximum absolute atomic E-state index is 11.9. The molecule has 0 bridgehead atoms. The molecule has 0 aromatic carbocycles. The minimum Gasteiger partial charge on any atom is -0.359 e. The molecule has 2 atom stereocenters. The molecule has 1 fully saturated rings. The Hall–Kier alpha value is -0.330. The molecule has 0 unspecified atom stereocenters. The lowest BCUT2D eigenvalue weighted by atomic mass is 9.98. The van der Waals surface area contributed by atoms with Gasteiger partial charge in [0.1, 0.15) is 6.79 Å². The SMILES string of the molecule is COCO[C@@H]1CN[C@H]1CCC(F)(F)F. The van der Waals surface area contributed by atoms with Crippen molar-refractivity contribution < 1.29 is 22.6 Å². The zero-order chi connectivity index (χ0) is 10.6. The third kappa shape index (κ3) is 3.81. The summed E-state index contributed by atoms with van der Waals surface area (Å²) < 4.78 is 45.4. The summed E-state index contributed by atoms with van der Waals surface area (Å²) in [5, 5.41) is 2.90. The van der Waals surface area contributed by atoms with E-state index in [1.54, 1.807) is 0 Å². The van der Waals surface area contributed by atoms with Crippen molar-refractivity contribution in [2.75, 3.05) is 20.4 Å². The van der Waals surface area contributed by atoms with E-state index in [4.69, 9.17) is 4.74 Å². The summed E-state index contributed by atoms with van der Waals surface area (Å²) in [5.41, 5.74) is 0. The Labute approximate surface area is 80.6 Å². The number of ether oxygens (including phenoxy) is 2. The molecule has 14 heavy (non-hydrogen) atoms. The first-order valence-corrected chi connectivity index (χ1v) is 4.43. The summed E-state index contributed by atoms with van der Waals surface area (Å²) in [6.07, 6.45) is -4.92. The molecular weight excluding hydrogens is 199 g/mol. The van der Waals surface area contributed by atoms with E-state index in [0.29, 0.717) is 6.54 Å². The summed E-state index contributed by atoms with van der Waals surface area (Å²) >= 11 is 0. The Morgan fingerprint density at radius 3 is 2.57 bits per heavy atom. The summed E-state index contributed by atoms with van der Waals surface area (Å²) in [7, 11) is 1.48. The number of halogens is 3. The van der Waals surface area contributed by atoms with Gasteiger partial charge in [-0.2, -0.15) is 13.2 Å². The minimum atomic E-state index is -4.08. The summed E-state index contributed by atoms with van der Waals surface area (Å²) in [5.74, 6) is 0.